The average molecular weight is 408 g/mol. The molecule has 1 amide bonds. The summed E-state index contributed by atoms with van der Waals surface area (Å²) >= 11 is 0. The highest BCUT2D eigenvalue weighted by Gasteiger charge is 2.31. The monoisotopic (exact) mass is 407 g/mol. The fourth-order valence-corrected chi connectivity index (χ4v) is 4.57. The zero-order chi connectivity index (χ0) is 21.1. The number of hydrogen-bond donors (Lipinski definition) is 0. The third-order valence-corrected chi connectivity index (χ3v) is 6.47. The number of nitrogens with zero attached hydrogens (tertiary/aromatic N) is 5. The molecule has 7 heteroatoms. The van der Waals surface area contributed by atoms with Gasteiger partial charge in [0.2, 0.25) is 5.91 Å². The van der Waals surface area contributed by atoms with Gasteiger partial charge in [0, 0.05) is 44.2 Å². The van der Waals surface area contributed by atoms with Gasteiger partial charge in [0.1, 0.15) is 11.8 Å². The number of rotatable bonds is 5. The first-order valence-corrected chi connectivity index (χ1v) is 10.7. The van der Waals surface area contributed by atoms with E-state index in [4.69, 9.17) is 4.74 Å². The molecule has 2 aliphatic heterocycles. The molecule has 7 nitrogen and oxygen atoms in total. The summed E-state index contributed by atoms with van der Waals surface area (Å²) < 4.78 is 5.28. The number of nitriles is 1. The molecular formula is C23H29N5O2. The molecule has 1 atom stereocenters. The van der Waals surface area contributed by atoms with Gasteiger partial charge in [-0.2, -0.15) is 5.26 Å². The van der Waals surface area contributed by atoms with E-state index in [0.717, 1.165) is 67.7 Å². The van der Waals surface area contributed by atoms with E-state index in [0.29, 0.717) is 12.6 Å². The molecule has 4 rings (SSSR count). The van der Waals surface area contributed by atoms with Crippen LogP contribution in [0.1, 0.15) is 25.7 Å². The van der Waals surface area contributed by atoms with E-state index < -0.39 is 0 Å². The van der Waals surface area contributed by atoms with Gasteiger partial charge in [-0.15, -0.1) is 0 Å². The summed E-state index contributed by atoms with van der Waals surface area (Å²) in [5.41, 5.74) is 2.04. The lowest BCUT2D eigenvalue weighted by Gasteiger charge is -2.38. The number of carbonyl (C=O) groups is 1. The van der Waals surface area contributed by atoms with Gasteiger partial charge in [-0.05, 0) is 43.9 Å². The molecule has 2 aromatic rings. The molecule has 0 N–H and O–H groups in total. The molecule has 30 heavy (non-hydrogen) atoms. The first-order valence-electron chi connectivity index (χ1n) is 10.7. The maximum absolute atomic E-state index is 12.6. The Labute approximate surface area is 177 Å². The van der Waals surface area contributed by atoms with Crippen molar-refractivity contribution in [2.45, 2.75) is 37.8 Å². The second-order valence-corrected chi connectivity index (χ2v) is 8.24. The van der Waals surface area contributed by atoms with Crippen LogP contribution in [0.5, 0.6) is 5.75 Å². The minimum absolute atomic E-state index is 0.0972. The van der Waals surface area contributed by atoms with E-state index in [1.807, 2.05) is 24.4 Å². The largest absolute Gasteiger partial charge is 0.497 e. The smallest absolute Gasteiger partial charge is 0.237 e. The number of fused-ring (bicyclic) bond motifs is 1. The van der Waals surface area contributed by atoms with E-state index in [1.165, 1.54) is 0 Å². The SMILES string of the molecule is COc1ccc2cc(N(C)C3CCN(CC(=O)N4CCC[C@H]4C#N)CC3)cnc2c1. The highest BCUT2D eigenvalue weighted by Crippen LogP contribution is 2.26. The quantitative estimate of drug-likeness (QED) is 0.759. The van der Waals surface area contributed by atoms with E-state index in [1.54, 1.807) is 12.0 Å². The molecule has 2 aliphatic rings. The van der Waals surface area contributed by atoms with Crippen molar-refractivity contribution in [3.63, 3.8) is 0 Å². The van der Waals surface area contributed by atoms with Gasteiger partial charge in [0.05, 0.1) is 37.1 Å². The molecule has 0 aliphatic carbocycles. The number of anilines is 1. The standard InChI is InChI=1S/C23H29N5O2/c1-26(20-12-17-5-6-21(30-2)13-22(17)25-15-20)18-7-10-27(11-8-18)16-23(29)28-9-3-4-19(28)14-24/h5-6,12-13,15,18-19H,3-4,7-11,16H2,1-2H3/t19-/m0/s1. The first kappa shape index (κ1) is 20.4. The zero-order valence-corrected chi connectivity index (χ0v) is 17.8. The maximum atomic E-state index is 12.6. The van der Waals surface area contributed by atoms with Crippen LogP contribution in [0.25, 0.3) is 10.9 Å². The Morgan fingerprint density at radius 1 is 1.27 bits per heavy atom. The van der Waals surface area contributed by atoms with Crippen LogP contribution in [-0.2, 0) is 4.79 Å². The van der Waals surface area contributed by atoms with Gasteiger partial charge in [0.15, 0.2) is 0 Å². The Hall–Kier alpha value is -2.85. The number of ether oxygens (including phenoxy) is 1. The summed E-state index contributed by atoms with van der Waals surface area (Å²) in [4.78, 5) is 23.5. The Kier molecular flexibility index (Phi) is 6.05. The molecule has 0 saturated carbocycles. The lowest BCUT2D eigenvalue weighted by atomic mass is 10.0. The number of likely N-dealkylation sites (tertiary alicyclic amines) is 2. The van der Waals surface area contributed by atoms with Gasteiger partial charge >= 0.3 is 0 Å². The van der Waals surface area contributed by atoms with E-state index >= 15 is 0 Å². The summed E-state index contributed by atoms with van der Waals surface area (Å²) in [5, 5.41) is 10.3. The van der Waals surface area contributed by atoms with Crippen LogP contribution in [0.15, 0.2) is 30.5 Å². The number of amides is 1. The predicted molar refractivity (Wildman–Crippen MR) is 117 cm³/mol. The fraction of sp³-hybridized carbons (Fsp3) is 0.522. The summed E-state index contributed by atoms with van der Waals surface area (Å²) in [6, 6.07) is 10.6. The molecule has 0 bridgehead atoms. The van der Waals surface area contributed by atoms with Gasteiger partial charge in [-0.25, -0.2) is 0 Å². The number of pyridine rings is 1. The van der Waals surface area contributed by atoms with Gasteiger partial charge in [0.25, 0.3) is 0 Å². The normalized spacial score (nSPS) is 20.3. The summed E-state index contributed by atoms with van der Waals surface area (Å²) in [6.07, 6.45) is 5.68. The molecule has 0 unspecified atom stereocenters. The summed E-state index contributed by atoms with van der Waals surface area (Å²) in [5.74, 6) is 0.910. The van der Waals surface area contributed by atoms with Crippen molar-refractivity contribution in [2.24, 2.45) is 0 Å². The van der Waals surface area contributed by atoms with Crippen LogP contribution < -0.4 is 9.64 Å². The van der Waals surface area contributed by atoms with E-state index in [9.17, 15) is 10.1 Å². The molecule has 2 saturated heterocycles. The Balaban J connectivity index is 1.34. The van der Waals surface area contributed by atoms with Crippen molar-refractivity contribution in [3.8, 4) is 11.8 Å². The summed E-state index contributed by atoms with van der Waals surface area (Å²) in [6.45, 7) is 2.93. The first-order chi connectivity index (χ1) is 14.6. The molecule has 158 valence electrons. The number of methoxy groups -OCH3 is 1. The van der Waals surface area contributed by atoms with Crippen molar-refractivity contribution in [2.75, 3.05) is 45.2 Å². The lowest BCUT2D eigenvalue weighted by Crippen LogP contribution is -2.48. The maximum Gasteiger partial charge on any atom is 0.237 e. The predicted octanol–water partition coefficient (Wildman–Crippen LogP) is 2.66. The van der Waals surface area contributed by atoms with Crippen LogP contribution in [-0.4, -0.2) is 73.1 Å². The molecular weight excluding hydrogens is 378 g/mol. The highest BCUT2D eigenvalue weighted by molar-refractivity contribution is 5.83. The fourth-order valence-electron chi connectivity index (χ4n) is 4.57. The number of benzene rings is 1. The minimum atomic E-state index is -0.235. The molecule has 0 radical (unpaired) electrons. The third kappa shape index (κ3) is 4.19. The van der Waals surface area contributed by atoms with E-state index in [-0.39, 0.29) is 11.9 Å². The number of aromatic nitrogens is 1. The second-order valence-electron chi connectivity index (χ2n) is 8.24. The van der Waals surface area contributed by atoms with Gasteiger partial charge in [-0.3, -0.25) is 14.7 Å². The Morgan fingerprint density at radius 3 is 2.80 bits per heavy atom. The van der Waals surface area contributed by atoms with Crippen molar-refractivity contribution < 1.29 is 9.53 Å². The topological polar surface area (TPSA) is 72.7 Å². The van der Waals surface area contributed by atoms with E-state index in [2.05, 4.69) is 34.0 Å². The Morgan fingerprint density at radius 2 is 2.07 bits per heavy atom. The van der Waals surface area contributed by atoms with Crippen molar-refractivity contribution in [1.29, 1.82) is 5.26 Å². The molecule has 1 aromatic heterocycles. The molecule has 0 spiro atoms. The van der Waals surface area contributed by atoms with Crippen molar-refractivity contribution >= 4 is 22.5 Å². The van der Waals surface area contributed by atoms with Crippen molar-refractivity contribution in [3.05, 3.63) is 30.5 Å². The lowest BCUT2D eigenvalue weighted by molar-refractivity contribution is -0.132. The third-order valence-electron chi connectivity index (χ3n) is 6.47. The summed E-state index contributed by atoms with van der Waals surface area (Å²) in [7, 11) is 3.79. The number of carbonyl (C=O) groups excluding carboxylic acids is 1. The highest BCUT2D eigenvalue weighted by atomic mass is 16.5. The number of piperidine rings is 1. The van der Waals surface area contributed by atoms with Crippen LogP contribution in [0, 0.1) is 11.3 Å². The minimum Gasteiger partial charge on any atom is -0.497 e. The van der Waals surface area contributed by atoms with Crippen LogP contribution in [0.2, 0.25) is 0 Å². The van der Waals surface area contributed by atoms with Crippen molar-refractivity contribution in [1.82, 2.24) is 14.8 Å². The van der Waals surface area contributed by atoms with Crippen LogP contribution in [0.3, 0.4) is 0 Å². The molecule has 1 aromatic carbocycles. The molecule has 3 heterocycles. The Bertz CT molecular complexity index is 948. The van der Waals surface area contributed by atoms with Gasteiger partial charge in [-0.1, -0.05) is 0 Å². The van der Waals surface area contributed by atoms with Crippen LogP contribution in [0.4, 0.5) is 5.69 Å². The average Bonchev–Trinajstić information content (AvgIpc) is 3.27. The van der Waals surface area contributed by atoms with Crippen LogP contribution >= 0.6 is 0 Å². The molecule has 2 fully saturated rings. The second kappa shape index (κ2) is 8.88. The zero-order valence-electron chi connectivity index (χ0n) is 17.8. The van der Waals surface area contributed by atoms with Gasteiger partial charge < -0.3 is 14.5 Å². The number of hydrogen-bond acceptors (Lipinski definition) is 6.